The summed E-state index contributed by atoms with van der Waals surface area (Å²) < 4.78 is 11.5. The summed E-state index contributed by atoms with van der Waals surface area (Å²) in [6, 6.07) is 20.2. The third-order valence-corrected chi connectivity index (χ3v) is 6.26. The van der Waals surface area contributed by atoms with Crippen molar-refractivity contribution in [2.45, 2.75) is 38.0 Å². The SMILES string of the molecule is C[C@H](CCC(=O)c1ccc(Oc2cc3c(cc2Cl)C(C(=O)[O-])CCO3)cc1)c1ccccc1.[Na+]. The Morgan fingerprint density at radius 2 is 1.82 bits per heavy atom. The molecule has 0 saturated heterocycles. The van der Waals surface area contributed by atoms with E-state index in [9.17, 15) is 14.7 Å². The van der Waals surface area contributed by atoms with Gasteiger partial charge in [0.15, 0.2) is 5.78 Å². The summed E-state index contributed by atoms with van der Waals surface area (Å²) in [5.41, 5.74) is 2.34. The number of carbonyl (C=O) groups is 2. The molecule has 3 aromatic carbocycles. The van der Waals surface area contributed by atoms with Crippen molar-refractivity contribution in [3.8, 4) is 17.2 Å². The molecule has 34 heavy (non-hydrogen) atoms. The van der Waals surface area contributed by atoms with Crippen LogP contribution in [0, 0.1) is 0 Å². The van der Waals surface area contributed by atoms with Crippen LogP contribution < -0.4 is 44.1 Å². The van der Waals surface area contributed by atoms with E-state index in [0.717, 1.165) is 6.42 Å². The van der Waals surface area contributed by atoms with Crippen LogP contribution in [0.2, 0.25) is 5.02 Å². The Hall–Kier alpha value is -2.31. The standard InChI is InChI=1S/C27H25ClO5.Na/c1-17(18-5-3-2-4-6-18)7-12-24(29)19-8-10-20(11-9-19)33-26-16-25-22(15-23(26)28)21(27(30)31)13-14-32-25;/h2-6,8-11,15-17,21H,7,12-14H2,1H3,(H,30,31);/q;+1/p-1/t17-,21?;/m1./s1. The summed E-state index contributed by atoms with van der Waals surface area (Å²) in [7, 11) is 0. The number of rotatable bonds is 8. The molecule has 2 atom stereocenters. The van der Waals surface area contributed by atoms with Gasteiger partial charge in [-0.2, -0.15) is 0 Å². The maximum atomic E-state index is 12.6. The van der Waals surface area contributed by atoms with Crippen LogP contribution in [0.4, 0.5) is 0 Å². The monoisotopic (exact) mass is 486 g/mol. The Balaban J connectivity index is 0.00000324. The first-order chi connectivity index (χ1) is 15.9. The van der Waals surface area contributed by atoms with E-state index < -0.39 is 11.9 Å². The van der Waals surface area contributed by atoms with Crippen molar-refractivity contribution in [3.05, 3.63) is 88.4 Å². The summed E-state index contributed by atoms with van der Waals surface area (Å²) in [5, 5.41) is 11.7. The summed E-state index contributed by atoms with van der Waals surface area (Å²) in [4.78, 5) is 24.0. The molecule has 0 aliphatic carbocycles. The number of ketones is 1. The Bertz CT molecular complexity index is 1150. The van der Waals surface area contributed by atoms with Crippen molar-refractivity contribution < 1.29 is 53.7 Å². The number of fused-ring (bicyclic) bond motifs is 1. The van der Waals surface area contributed by atoms with E-state index in [2.05, 4.69) is 19.1 Å². The van der Waals surface area contributed by atoms with Gasteiger partial charge in [-0.3, -0.25) is 4.79 Å². The largest absolute Gasteiger partial charge is 1.00 e. The van der Waals surface area contributed by atoms with E-state index in [0.29, 0.717) is 47.1 Å². The van der Waals surface area contributed by atoms with Gasteiger partial charge >= 0.3 is 29.6 Å². The molecule has 0 amide bonds. The molecule has 1 heterocycles. The third kappa shape index (κ3) is 6.22. The normalized spacial score (nSPS) is 15.3. The first-order valence-corrected chi connectivity index (χ1v) is 11.3. The Kier molecular flexibility index (Phi) is 9.20. The smallest absolute Gasteiger partial charge is 0.549 e. The van der Waals surface area contributed by atoms with Crippen molar-refractivity contribution in [1.82, 2.24) is 0 Å². The molecule has 0 aromatic heterocycles. The van der Waals surface area contributed by atoms with Gasteiger partial charge in [-0.25, -0.2) is 0 Å². The predicted octanol–water partition coefficient (Wildman–Crippen LogP) is 2.52. The van der Waals surface area contributed by atoms with Crippen molar-refractivity contribution in [2.24, 2.45) is 0 Å². The summed E-state index contributed by atoms with van der Waals surface area (Å²) >= 11 is 6.34. The fourth-order valence-corrected chi connectivity index (χ4v) is 4.20. The molecular formula is C27H24ClNaO5. The maximum Gasteiger partial charge on any atom is 1.00 e. The van der Waals surface area contributed by atoms with Crippen LogP contribution in [-0.2, 0) is 4.79 Å². The number of carboxylic acids is 1. The number of halogens is 1. The Labute approximate surface area is 226 Å². The van der Waals surface area contributed by atoms with Crippen LogP contribution in [0.25, 0.3) is 0 Å². The number of carboxylic acid groups (broad SMARTS) is 1. The fourth-order valence-electron chi connectivity index (χ4n) is 3.99. The van der Waals surface area contributed by atoms with Gasteiger partial charge < -0.3 is 19.4 Å². The summed E-state index contributed by atoms with van der Waals surface area (Å²) in [5.74, 6) is -0.226. The molecule has 0 N–H and O–H groups in total. The van der Waals surface area contributed by atoms with E-state index in [1.807, 2.05) is 18.2 Å². The molecule has 170 valence electrons. The van der Waals surface area contributed by atoms with Gasteiger partial charge in [0.2, 0.25) is 0 Å². The minimum Gasteiger partial charge on any atom is -0.549 e. The van der Waals surface area contributed by atoms with Gasteiger partial charge in [0.05, 0.1) is 11.6 Å². The number of ether oxygens (including phenoxy) is 2. The molecule has 0 bridgehead atoms. The van der Waals surface area contributed by atoms with E-state index in [4.69, 9.17) is 21.1 Å². The second-order valence-corrected chi connectivity index (χ2v) is 8.64. The second kappa shape index (κ2) is 11.9. The molecule has 0 spiro atoms. The topological polar surface area (TPSA) is 75.7 Å². The average molecular weight is 487 g/mol. The Morgan fingerprint density at radius 1 is 1.12 bits per heavy atom. The number of hydrogen-bond donors (Lipinski definition) is 0. The summed E-state index contributed by atoms with van der Waals surface area (Å²) in [6.07, 6.45) is 1.58. The van der Waals surface area contributed by atoms with Gasteiger partial charge in [-0.05, 0) is 54.7 Å². The molecule has 3 aromatic rings. The zero-order valence-corrected chi connectivity index (χ0v) is 22.0. The summed E-state index contributed by atoms with van der Waals surface area (Å²) in [6.45, 7) is 2.41. The molecule has 0 fully saturated rings. The van der Waals surface area contributed by atoms with E-state index in [1.54, 1.807) is 36.4 Å². The van der Waals surface area contributed by atoms with Crippen molar-refractivity contribution in [1.29, 1.82) is 0 Å². The van der Waals surface area contributed by atoms with Crippen LogP contribution in [0.15, 0.2) is 66.7 Å². The minimum absolute atomic E-state index is 0. The van der Waals surface area contributed by atoms with Crippen LogP contribution in [0.3, 0.4) is 0 Å². The van der Waals surface area contributed by atoms with E-state index in [1.165, 1.54) is 5.56 Å². The number of Topliss-reactive ketones (excluding diaryl/α,β-unsaturated/α-hetero) is 1. The minimum atomic E-state index is -1.15. The molecule has 0 saturated carbocycles. The van der Waals surface area contributed by atoms with Crippen LogP contribution >= 0.6 is 11.6 Å². The number of benzene rings is 3. The van der Waals surface area contributed by atoms with Gasteiger partial charge in [0, 0.05) is 35.5 Å². The van der Waals surface area contributed by atoms with Crippen molar-refractivity contribution in [3.63, 3.8) is 0 Å². The molecule has 1 aliphatic rings. The second-order valence-electron chi connectivity index (χ2n) is 8.23. The molecule has 1 unspecified atom stereocenters. The first-order valence-electron chi connectivity index (χ1n) is 11.0. The predicted molar refractivity (Wildman–Crippen MR) is 124 cm³/mol. The van der Waals surface area contributed by atoms with Crippen LogP contribution in [-0.4, -0.2) is 18.4 Å². The maximum absolute atomic E-state index is 12.6. The Morgan fingerprint density at radius 3 is 2.50 bits per heavy atom. The van der Waals surface area contributed by atoms with Crippen molar-refractivity contribution >= 4 is 23.4 Å². The zero-order valence-electron chi connectivity index (χ0n) is 19.3. The average Bonchev–Trinajstić information content (AvgIpc) is 2.83. The van der Waals surface area contributed by atoms with Gasteiger partial charge in [0.25, 0.3) is 0 Å². The van der Waals surface area contributed by atoms with E-state index in [-0.39, 0.29) is 47.0 Å². The molecule has 7 heteroatoms. The van der Waals surface area contributed by atoms with Gasteiger partial charge in [-0.1, -0.05) is 48.9 Å². The quantitative estimate of drug-likeness (QED) is 0.361. The number of carbonyl (C=O) groups excluding carboxylic acids is 2. The van der Waals surface area contributed by atoms with Crippen molar-refractivity contribution in [2.75, 3.05) is 6.61 Å². The fraction of sp³-hybridized carbons (Fsp3) is 0.259. The molecule has 5 nitrogen and oxygen atoms in total. The van der Waals surface area contributed by atoms with E-state index >= 15 is 0 Å². The van der Waals surface area contributed by atoms with Gasteiger partial charge in [0.1, 0.15) is 17.2 Å². The third-order valence-electron chi connectivity index (χ3n) is 5.97. The van der Waals surface area contributed by atoms with Crippen LogP contribution in [0.1, 0.15) is 59.5 Å². The van der Waals surface area contributed by atoms with Crippen LogP contribution in [0.5, 0.6) is 17.2 Å². The van der Waals surface area contributed by atoms with Gasteiger partial charge in [-0.15, -0.1) is 0 Å². The molecule has 0 radical (unpaired) electrons. The zero-order chi connectivity index (χ0) is 23.4. The molecule has 1 aliphatic heterocycles. The molecule has 4 rings (SSSR count). The molecular weight excluding hydrogens is 463 g/mol. The number of aliphatic carboxylic acids is 1. The first kappa shape index (κ1) is 26.3. The number of hydrogen-bond acceptors (Lipinski definition) is 5.